The van der Waals surface area contributed by atoms with Crippen LogP contribution < -0.4 is 10.1 Å². The summed E-state index contributed by atoms with van der Waals surface area (Å²) in [5.74, 6) is 0.236. The lowest BCUT2D eigenvalue weighted by molar-refractivity contribution is -0.127. The van der Waals surface area contributed by atoms with Crippen molar-refractivity contribution in [2.75, 3.05) is 0 Å². The summed E-state index contributed by atoms with van der Waals surface area (Å²) >= 11 is 0. The zero-order valence-corrected chi connectivity index (χ0v) is 18.5. The van der Waals surface area contributed by atoms with E-state index in [1.54, 1.807) is 18.2 Å². The number of hydrogen-bond acceptors (Lipinski definition) is 2. The van der Waals surface area contributed by atoms with Gasteiger partial charge in [-0.1, -0.05) is 79.6 Å². The molecule has 0 aliphatic heterocycles. The molecule has 1 aliphatic carbocycles. The summed E-state index contributed by atoms with van der Waals surface area (Å²) in [6, 6.07) is 24.7. The molecule has 1 fully saturated rings. The number of benzene rings is 3. The van der Waals surface area contributed by atoms with Crippen LogP contribution in [0.5, 0.6) is 5.75 Å². The molecule has 1 saturated carbocycles. The summed E-state index contributed by atoms with van der Waals surface area (Å²) in [7, 11) is 0. The van der Waals surface area contributed by atoms with Crippen LogP contribution in [0, 0.1) is 11.7 Å². The normalized spacial score (nSPS) is 19.2. The lowest BCUT2D eigenvalue weighted by Gasteiger charge is -2.32. The Hall–Kier alpha value is -3.14. The van der Waals surface area contributed by atoms with E-state index in [1.165, 1.54) is 11.6 Å². The average Bonchev–Trinajstić information content (AvgIpc) is 2.84. The first-order valence-corrected chi connectivity index (χ1v) is 11.4. The molecule has 3 aromatic rings. The van der Waals surface area contributed by atoms with E-state index in [1.807, 2.05) is 49.4 Å². The first-order valence-electron chi connectivity index (χ1n) is 11.4. The molecule has 4 rings (SSSR count). The second-order valence-corrected chi connectivity index (χ2v) is 8.60. The highest BCUT2D eigenvalue weighted by Gasteiger charge is 2.32. The number of halogens is 1. The van der Waals surface area contributed by atoms with E-state index >= 15 is 0 Å². The van der Waals surface area contributed by atoms with Crippen LogP contribution in [-0.2, 0) is 11.4 Å². The number of carbonyl (C=O) groups is 1. The average molecular weight is 432 g/mol. The first kappa shape index (κ1) is 22.1. The van der Waals surface area contributed by atoms with E-state index in [2.05, 4.69) is 17.4 Å². The fraction of sp³-hybridized carbons (Fsp3) is 0.321. The number of ether oxygens (including phenoxy) is 1. The van der Waals surface area contributed by atoms with Gasteiger partial charge in [0.15, 0.2) is 11.6 Å². The topological polar surface area (TPSA) is 38.3 Å². The van der Waals surface area contributed by atoms with Gasteiger partial charge in [0.1, 0.15) is 6.61 Å². The van der Waals surface area contributed by atoms with Gasteiger partial charge in [-0.25, -0.2) is 4.39 Å². The highest BCUT2D eigenvalue weighted by Crippen LogP contribution is 2.38. The molecule has 166 valence electrons. The van der Waals surface area contributed by atoms with Gasteiger partial charge in [0.05, 0.1) is 6.04 Å². The van der Waals surface area contributed by atoms with Crippen molar-refractivity contribution >= 4 is 5.91 Å². The largest absolute Gasteiger partial charge is 0.486 e. The van der Waals surface area contributed by atoms with Crippen molar-refractivity contribution in [3.05, 3.63) is 101 Å². The molecule has 3 nitrogen and oxygen atoms in total. The molecule has 1 N–H and O–H groups in total. The van der Waals surface area contributed by atoms with Gasteiger partial charge in [-0.15, -0.1) is 0 Å². The maximum atomic E-state index is 13.8. The molecule has 32 heavy (non-hydrogen) atoms. The maximum Gasteiger partial charge on any atom is 0.224 e. The van der Waals surface area contributed by atoms with E-state index < -0.39 is 0 Å². The molecule has 1 aliphatic rings. The molecule has 0 bridgehead atoms. The van der Waals surface area contributed by atoms with Crippen LogP contribution in [0.4, 0.5) is 4.39 Å². The molecule has 3 atom stereocenters. The molecule has 0 unspecified atom stereocenters. The Labute approximate surface area is 189 Å². The van der Waals surface area contributed by atoms with Crippen LogP contribution in [0.3, 0.4) is 0 Å². The SMILES string of the molecule is C[C@H](NC(=O)[C@H]1CCCC[C@@H]1c1ccc(COc2ccccc2F)cc1)c1ccccc1. The number of rotatable bonds is 7. The van der Waals surface area contributed by atoms with Gasteiger partial charge in [0, 0.05) is 5.92 Å². The van der Waals surface area contributed by atoms with Crippen molar-refractivity contribution in [3.63, 3.8) is 0 Å². The van der Waals surface area contributed by atoms with Crippen LogP contribution in [0.2, 0.25) is 0 Å². The molecular formula is C28H30FNO2. The van der Waals surface area contributed by atoms with Crippen LogP contribution in [0.15, 0.2) is 78.9 Å². The minimum absolute atomic E-state index is 0.0100. The minimum Gasteiger partial charge on any atom is -0.486 e. The van der Waals surface area contributed by atoms with Gasteiger partial charge >= 0.3 is 0 Å². The third-order valence-corrected chi connectivity index (χ3v) is 6.40. The lowest BCUT2D eigenvalue weighted by atomic mass is 9.75. The lowest BCUT2D eigenvalue weighted by Crippen LogP contribution is -2.37. The maximum absolute atomic E-state index is 13.8. The second kappa shape index (κ2) is 10.4. The number of amides is 1. The minimum atomic E-state index is -0.357. The fourth-order valence-corrected chi connectivity index (χ4v) is 4.57. The first-order chi connectivity index (χ1) is 15.6. The molecule has 3 aromatic carbocycles. The second-order valence-electron chi connectivity index (χ2n) is 8.60. The number of hydrogen-bond donors (Lipinski definition) is 1. The van der Waals surface area contributed by atoms with Crippen LogP contribution >= 0.6 is 0 Å². The summed E-state index contributed by atoms with van der Waals surface area (Å²) in [6.45, 7) is 2.35. The van der Waals surface area contributed by atoms with E-state index in [9.17, 15) is 9.18 Å². The number of nitrogens with one attached hydrogen (secondary N) is 1. The van der Waals surface area contributed by atoms with Gasteiger partial charge in [-0.05, 0) is 54.5 Å². The Morgan fingerprint density at radius 2 is 1.66 bits per heavy atom. The molecule has 0 saturated heterocycles. The highest BCUT2D eigenvalue weighted by atomic mass is 19.1. The Bertz CT molecular complexity index is 1020. The number of para-hydroxylation sites is 1. The quantitative estimate of drug-likeness (QED) is 0.460. The molecule has 0 heterocycles. The Morgan fingerprint density at radius 1 is 0.969 bits per heavy atom. The molecule has 1 amide bonds. The molecule has 0 spiro atoms. The zero-order valence-electron chi connectivity index (χ0n) is 18.5. The molecular weight excluding hydrogens is 401 g/mol. The van der Waals surface area contributed by atoms with Crippen LogP contribution in [0.1, 0.15) is 61.3 Å². The van der Waals surface area contributed by atoms with E-state index in [0.29, 0.717) is 6.61 Å². The van der Waals surface area contributed by atoms with Crippen molar-refractivity contribution in [3.8, 4) is 5.75 Å². The summed E-state index contributed by atoms with van der Waals surface area (Å²) < 4.78 is 19.4. The van der Waals surface area contributed by atoms with Crippen LogP contribution in [0.25, 0.3) is 0 Å². The summed E-state index contributed by atoms with van der Waals surface area (Å²) in [5, 5.41) is 3.23. The number of carbonyl (C=O) groups excluding carboxylic acids is 1. The standard InChI is InChI=1S/C28H30FNO2/c1-20(22-9-3-2-4-10-22)30-28(31)25-12-6-5-11-24(25)23-17-15-21(16-18-23)19-32-27-14-8-7-13-26(27)29/h2-4,7-10,13-18,20,24-25H,5-6,11-12,19H2,1H3,(H,30,31)/t20-,24+,25-/m0/s1. The van der Waals surface area contributed by atoms with Gasteiger partial charge in [-0.3, -0.25) is 4.79 Å². The third-order valence-electron chi connectivity index (χ3n) is 6.40. The smallest absolute Gasteiger partial charge is 0.224 e. The van der Waals surface area contributed by atoms with Crippen molar-refractivity contribution in [2.24, 2.45) is 5.92 Å². The third kappa shape index (κ3) is 5.37. The van der Waals surface area contributed by atoms with Crippen molar-refractivity contribution in [2.45, 2.75) is 51.2 Å². The molecule has 0 aromatic heterocycles. The molecule has 4 heteroatoms. The van der Waals surface area contributed by atoms with Crippen molar-refractivity contribution in [1.82, 2.24) is 5.32 Å². The predicted octanol–water partition coefficient (Wildman–Crippen LogP) is 6.56. The molecule has 0 radical (unpaired) electrons. The summed E-state index contributed by atoms with van der Waals surface area (Å²) in [5.41, 5.74) is 3.28. The fourth-order valence-electron chi connectivity index (χ4n) is 4.57. The van der Waals surface area contributed by atoms with Gasteiger partial charge in [-0.2, -0.15) is 0 Å². The Kier molecular flexibility index (Phi) is 7.21. The zero-order chi connectivity index (χ0) is 22.3. The Balaban J connectivity index is 1.40. The van der Waals surface area contributed by atoms with Crippen LogP contribution in [-0.4, -0.2) is 5.91 Å². The van der Waals surface area contributed by atoms with Gasteiger partial charge in [0.25, 0.3) is 0 Å². The van der Waals surface area contributed by atoms with Crippen molar-refractivity contribution < 1.29 is 13.9 Å². The highest BCUT2D eigenvalue weighted by molar-refractivity contribution is 5.80. The van der Waals surface area contributed by atoms with E-state index in [0.717, 1.165) is 36.8 Å². The van der Waals surface area contributed by atoms with E-state index in [4.69, 9.17) is 4.74 Å². The van der Waals surface area contributed by atoms with Gasteiger partial charge in [0.2, 0.25) is 5.91 Å². The van der Waals surface area contributed by atoms with E-state index in [-0.39, 0.29) is 35.4 Å². The summed E-state index contributed by atoms with van der Waals surface area (Å²) in [4.78, 5) is 13.2. The summed E-state index contributed by atoms with van der Waals surface area (Å²) in [6.07, 6.45) is 4.16. The monoisotopic (exact) mass is 431 g/mol. The van der Waals surface area contributed by atoms with Gasteiger partial charge < -0.3 is 10.1 Å². The van der Waals surface area contributed by atoms with Crippen molar-refractivity contribution in [1.29, 1.82) is 0 Å². The predicted molar refractivity (Wildman–Crippen MR) is 125 cm³/mol. The Morgan fingerprint density at radius 3 is 2.41 bits per heavy atom.